The Labute approximate surface area is 95.7 Å². The molecule has 0 radical (unpaired) electrons. The molecular weight excluding hydrogens is 220 g/mol. The first-order valence-electron chi connectivity index (χ1n) is 5.02. The molecule has 3 rings (SSSR count). The van der Waals surface area contributed by atoms with Crippen molar-refractivity contribution in [3.8, 4) is 11.6 Å². The molecule has 17 heavy (non-hydrogen) atoms. The number of para-hydroxylation sites is 2. The zero-order chi connectivity index (χ0) is 11.8. The highest BCUT2D eigenvalue weighted by molar-refractivity contribution is 5.85. The van der Waals surface area contributed by atoms with Crippen molar-refractivity contribution in [1.29, 1.82) is 0 Å². The van der Waals surface area contributed by atoms with Crippen LogP contribution in [0.5, 0.6) is 0 Å². The summed E-state index contributed by atoms with van der Waals surface area (Å²) >= 11 is 0. The van der Waals surface area contributed by atoms with Crippen molar-refractivity contribution in [2.45, 2.75) is 0 Å². The molecular formula is C12H8N2O3. The summed E-state index contributed by atoms with van der Waals surface area (Å²) < 4.78 is 5.17. The maximum atomic E-state index is 10.7. The Morgan fingerprint density at radius 1 is 1.24 bits per heavy atom. The van der Waals surface area contributed by atoms with Gasteiger partial charge in [-0.1, -0.05) is 12.1 Å². The second kappa shape index (κ2) is 3.48. The number of hydrogen-bond donors (Lipinski definition) is 2. The van der Waals surface area contributed by atoms with Crippen LogP contribution < -0.4 is 0 Å². The molecule has 0 atom stereocenters. The average Bonchev–Trinajstić information content (AvgIpc) is 2.95. The number of aromatic amines is 1. The van der Waals surface area contributed by atoms with Crippen LogP contribution in [0.3, 0.4) is 0 Å². The largest absolute Gasteiger partial charge is 0.475 e. The predicted octanol–water partition coefficient (Wildman–Crippen LogP) is 2.52. The van der Waals surface area contributed by atoms with E-state index in [2.05, 4.69) is 9.97 Å². The average molecular weight is 228 g/mol. The number of carbonyl (C=O) groups is 1. The molecule has 0 unspecified atom stereocenters. The number of aromatic nitrogens is 2. The zero-order valence-corrected chi connectivity index (χ0v) is 8.68. The monoisotopic (exact) mass is 228 g/mol. The number of carboxylic acids is 1. The van der Waals surface area contributed by atoms with E-state index in [4.69, 9.17) is 9.52 Å². The van der Waals surface area contributed by atoms with E-state index in [9.17, 15) is 4.79 Å². The summed E-state index contributed by atoms with van der Waals surface area (Å²) in [5.74, 6) is -0.245. The number of hydrogen-bond acceptors (Lipinski definition) is 3. The minimum Gasteiger partial charge on any atom is -0.475 e. The summed E-state index contributed by atoms with van der Waals surface area (Å²) in [6.45, 7) is 0. The number of H-pyrrole nitrogens is 1. The van der Waals surface area contributed by atoms with Crippen molar-refractivity contribution >= 4 is 17.0 Å². The minimum absolute atomic E-state index is 0.0968. The van der Waals surface area contributed by atoms with Crippen LogP contribution in [-0.4, -0.2) is 21.0 Å². The Balaban J connectivity index is 2.10. The number of furan rings is 1. The second-order valence-electron chi connectivity index (χ2n) is 3.57. The van der Waals surface area contributed by atoms with Crippen molar-refractivity contribution in [3.05, 3.63) is 42.2 Å². The molecule has 84 valence electrons. The van der Waals surface area contributed by atoms with E-state index >= 15 is 0 Å². The topological polar surface area (TPSA) is 79.1 Å². The number of fused-ring (bicyclic) bond motifs is 1. The third kappa shape index (κ3) is 1.57. The molecule has 5 nitrogen and oxygen atoms in total. The fraction of sp³-hybridized carbons (Fsp3) is 0. The van der Waals surface area contributed by atoms with Gasteiger partial charge in [0.25, 0.3) is 0 Å². The van der Waals surface area contributed by atoms with Crippen molar-refractivity contribution in [3.63, 3.8) is 0 Å². The van der Waals surface area contributed by atoms with Crippen LogP contribution in [0.1, 0.15) is 10.6 Å². The van der Waals surface area contributed by atoms with Gasteiger partial charge in [-0.3, -0.25) is 0 Å². The van der Waals surface area contributed by atoms with Crippen LogP contribution in [0.2, 0.25) is 0 Å². The minimum atomic E-state index is -1.09. The van der Waals surface area contributed by atoms with Gasteiger partial charge in [0.15, 0.2) is 11.6 Å². The van der Waals surface area contributed by atoms with Crippen LogP contribution >= 0.6 is 0 Å². The summed E-state index contributed by atoms with van der Waals surface area (Å²) in [6, 6.07) is 10.5. The molecule has 0 amide bonds. The van der Waals surface area contributed by atoms with Gasteiger partial charge in [0.1, 0.15) is 0 Å². The van der Waals surface area contributed by atoms with E-state index in [-0.39, 0.29) is 5.76 Å². The van der Waals surface area contributed by atoms with E-state index < -0.39 is 5.97 Å². The molecule has 0 bridgehead atoms. The van der Waals surface area contributed by atoms with E-state index in [0.717, 1.165) is 11.0 Å². The molecule has 5 heteroatoms. The molecule has 2 N–H and O–H groups in total. The lowest BCUT2D eigenvalue weighted by atomic mass is 10.3. The van der Waals surface area contributed by atoms with Crippen molar-refractivity contribution in [1.82, 2.24) is 9.97 Å². The van der Waals surface area contributed by atoms with E-state index in [1.807, 2.05) is 24.3 Å². The first-order chi connectivity index (χ1) is 8.24. The van der Waals surface area contributed by atoms with Crippen molar-refractivity contribution in [2.24, 2.45) is 0 Å². The van der Waals surface area contributed by atoms with Gasteiger partial charge in [0.05, 0.1) is 11.0 Å². The Morgan fingerprint density at radius 3 is 2.76 bits per heavy atom. The molecule has 0 aliphatic heterocycles. The molecule has 0 fully saturated rings. The molecule has 3 aromatic rings. The first kappa shape index (κ1) is 9.65. The summed E-state index contributed by atoms with van der Waals surface area (Å²) in [5.41, 5.74) is 1.70. The van der Waals surface area contributed by atoms with Gasteiger partial charge < -0.3 is 14.5 Å². The van der Waals surface area contributed by atoms with E-state index in [1.165, 1.54) is 6.07 Å². The van der Waals surface area contributed by atoms with Gasteiger partial charge in [-0.15, -0.1) is 0 Å². The SMILES string of the molecule is O=C(O)c1ccc(-c2nc3ccccc3[nH]2)o1. The van der Waals surface area contributed by atoms with Crippen LogP contribution in [0.4, 0.5) is 0 Å². The number of rotatable bonds is 2. The maximum absolute atomic E-state index is 10.7. The highest BCUT2D eigenvalue weighted by atomic mass is 16.4. The number of aromatic carboxylic acids is 1. The molecule has 1 aromatic carbocycles. The molecule has 0 aliphatic rings. The molecule has 2 heterocycles. The van der Waals surface area contributed by atoms with Crippen LogP contribution in [-0.2, 0) is 0 Å². The van der Waals surface area contributed by atoms with Crippen molar-refractivity contribution in [2.75, 3.05) is 0 Å². The van der Waals surface area contributed by atoms with Gasteiger partial charge >= 0.3 is 5.97 Å². The summed E-state index contributed by atoms with van der Waals surface area (Å²) in [5, 5.41) is 8.76. The zero-order valence-electron chi connectivity index (χ0n) is 8.68. The fourth-order valence-electron chi connectivity index (χ4n) is 1.65. The molecule has 0 saturated heterocycles. The Bertz CT molecular complexity index is 663. The van der Waals surface area contributed by atoms with Gasteiger partial charge in [-0.25, -0.2) is 9.78 Å². The number of benzene rings is 1. The first-order valence-corrected chi connectivity index (χ1v) is 5.02. The number of carboxylic acid groups (broad SMARTS) is 1. The van der Waals surface area contributed by atoms with Crippen LogP contribution in [0, 0.1) is 0 Å². The molecule has 0 saturated carbocycles. The maximum Gasteiger partial charge on any atom is 0.371 e. The van der Waals surface area contributed by atoms with Crippen molar-refractivity contribution < 1.29 is 14.3 Å². The molecule has 0 spiro atoms. The number of nitrogens with one attached hydrogen (secondary N) is 1. The molecule has 0 aliphatic carbocycles. The molecule has 2 aromatic heterocycles. The quantitative estimate of drug-likeness (QED) is 0.706. The number of nitrogens with zero attached hydrogens (tertiary/aromatic N) is 1. The predicted molar refractivity (Wildman–Crippen MR) is 60.8 cm³/mol. The second-order valence-corrected chi connectivity index (χ2v) is 3.57. The third-order valence-corrected chi connectivity index (χ3v) is 2.44. The Morgan fingerprint density at radius 2 is 2.06 bits per heavy atom. The third-order valence-electron chi connectivity index (χ3n) is 2.44. The van der Waals surface area contributed by atoms with E-state index in [1.54, 1.807) is 6.07 Å². The number of imidazole rings is 1. The fourth-order valence-corrected chi connectivity index (χ4v) is 1.65. The summed E-state index contributed by atoms with van der Waals surface area (Å²) in [7, 11) is 0. The normalized spacial score (nSPS) is 10.8. The van der Waals surface area contributed by atoms with Gasteiger partial charge in [-0.2, -0.15) is 0 Å². The Hall–Kier alpha value is -2.56. The highest BCUT2D eigenvalue weighted by Crippen LogP contribution is 2.22. The van der Waals surface area contributed by atoms with Gasteiger partial charge in [0, 0.05) is 0 Å². The van der Waals surface area contributed by atoms with Crippen LogP contribution in [0.25, 0.3) is 22.6 Å². The van der Waals surface area contributed by atoms with Crippen LogP contribution in [0.15, 0.2) is 40.8 Å². The summed E-state index contributed by atoms with van der Waals surface area (Å²) in [4.78, 5) is 18.1. The van der Waals surface area contributed by atoms with E-state index in [0.29, 0.717) is 11.6 Å². The standard InChI is InChI=1S/C12H8N2O3/c15-12(16)10-6-5-9(17-10)11-13-7-3-1-2-4-8(7)14-11/h1-6H,(H,13,14)(H,15,16). The Kier molecular flexibility index (Phi) is 1.98. The lowest BCUT2D eigenvalue weighted by Crippen LogP contribution is -1.91. The smallest absolute Gasteiger partial charge is 0.371 e. The highest BCUT2D eigenvalue weighted by Gasteiger charge is 2.12. The van der Waals surface area contributed by atoms with Gasteiger partial charge in [0.2, 0.25) is 5.76 Å². The lowest BCUT2D eigenvalue weighted by molar-refractivity contribution is 0.0663. The lowest BCUT2D eigenvalue weighted by Gasteiger charge is -1.88. The van der Waals surface area contributed by atoms with Gasteiger partial charge in [-0.05, 0) is 24.3 Å². The summed E-state index contributed by atoms with van der Waals surface area (Å²) in [6.07, 6.45) is 0.